The third-order valence-electron chi connectivity index (χ3n) is 2.07. The molecule has 1 N–H and O–H groups in total. The van der Waals surface area contributed by atoms with Crippen LogP contribution in [0.15, 0.2) is 18.2 Å². The van der Waals surface area contributed by atoms with Gasteiger partial charge in [0.2, 0.25) is 5.91 Å². The van der Waals surface area contributed by atoms with Gasteiger partial charge < -0.3 is 10.1 Å². The van der Waals surface area contributed by atoms with Crippen LogP contribution in [0.5, 0.6) is 5.75 Å². The Morgan fingerprint density at radius 2 is 2.06 bits per heavy atom. The standard InChI is InChI=1S/C11H11F4NO2/c1-18-9-6-7(2-3-8(9)12)16-10(17)4-5-11(13,14)15/h2-3,6H,4-5H2,1H3,(H,16,17). The number of alkyl halides is 3. The van der Waals surface area contributed by atoms with Crippen molar-refractivity contribution in [1.82, 2.24) is 0 Å². The zero-order valence-electron chi connectivity index (χ0n) is 9.47. The molecule has 0 bridgehead atoms. The van der Waals surface area contributed by atoms with Crippen LogP contribution in [0.25, 0.3) is 0 Å². The molecule has 0 aliphatic carbocycles. The van der Waals surface area contributed by atoms with Crippen molar-refractivity contribution < 1.29 is 27.1 Å². The summed E-state index contributed by atoms with van der Waals surface area (Å²) in [7, 11) is 1.24. The molecule has 3 nitrogen and oxygen atoms in total. The molecule has 1 rings (SSSR count). The minimum atomic E-state index is -4.38. The summed E-state index contributed by atoms with van der Waals surface area (Å²) in [5.74, 6) is -1.50. The molecule has 0 aliphatic rings. The highest BCUT2D eigenvalue weighted by Crippen LogP contribution is 2.23. The number of benzene rings is 1. The van der Waals surface area contributed by atoms with Crippen molar-refractivity contribution in [3.8, 4) is 5.75 Å². The van der Waals surface area contributed by atoms with E-state index < -0.39 is 30.7 Å². The fourth-order valence-electron chi connectivity index (χ4n) is 1.22. The number of rotatable bonds is 4. The van der Waals surface area contributed by atoms with Gasteiger partial charge in [0.25, 0.3) is 0 Å². The topological polar surface area (TPSA) is 38.3 Å². The lowest BCUT2D eigenvalue weighted by atomic mass is 10.2. The van der Waals surface area contributed by atoms with Gasteiger partial charge in [-0.3, -0.25) is 4.79 Å². The highest BCUT2D eigenvalue weighted by atomic mass is 19.4. The van der Waals surface area contributed by atoms with Crippen molar-refractivity contribution in [3.05, 3.63) is 24.0 Å². The Morgan fingerprint density at radius 1 is 1.39 bits per heavy atom. The van der Waals surface area contributed by atoms with Crippen molar-refractivity contribution >= 4 is 11.6 Å². The highest BCUT2D eigenvalue weighted by molar-refractivity contribution is 5.90. The summed E-state index contributed by atoms with van der Waals surface area (Å²) in [6.45, 7) is 0. The quantitative estimate of drug-likeness (QED) is 0.849. The lowest BCUT2D eigenvalue weighted by molar-refractivity contribution is -0.142. The van der Waals surface area contributed by atoms with E-state index in [0.29, 0.717) is 0 Å². The Labute approximate surface area is 101 Å². The van der Waals surface area contributed by atoms with Crippen molar-refractivity contribution in [2.45, 2.75) is 19.0 Å². The third-order valence-corrected chi connectivity index (χ3v) is 2.07. The van der Waals surface area contributed by atoms with Crippen LogP contribution in [-0.2, 0) is 4.79 Å². The summed E-state index contributed by atoms with van der Waals surface area (Å²) in [6.07, 6.45) is -6.25. The van der Waals surface area contributed by atoms with Gasteiger partial charge in [0.05, 0.1) is 13.5 Å². The van der Waals surface area contributed by atoms with Crippen molar-refractivity contribution in [3.63, 3.8) is 0 Å². The van der Waals surface area contributed by atoms with Gasteiger partial charge in [-0.1, -0.05) is 0 Å². The smallest absolute Gasteiger partial charge is 0.389 e. The molecule has 0 fully saturated rings. The predicted molar refractivity (Wildman–Crippen MR) is 56.9 cm³/mol. The van der Waals surface area contributed by atoms with Crippen LogP contribution in [0.3, 0.4) is 0 Å². The molecular formula is C11H11F4NO2. The van der Waals surface area contributed by atoms with Gasteiger partial charge in [-0.15, -0.1) is 0 Å². The first-order chi connectivity index (χ1) is 8.31. The zero-order chi connectivity index (χ0) is 13.8. The monoisotopic (exact) mass is 265 g/mol. The van der Waals surface area contributed by atoms with Crippen LogP contribution in [0, 0.1) is 5.82 Å². The average Bonchev–Trinajstić information content (AvgIpc) is 2.28. The number of nitrogens with one attached hydrogen (secondary N) is 1. The number of ether oxygens (including phenoxy) is 1. The van der Waals surface area contributed by atoms with E-state index >= 15 is 0 Å². The Balaban J connectivity index is 2.59. The van der Waals surface area contributed by atoms with Gasteiger partial charge in [-0.05, 0) is 12.1 Å². The number of halogens is 4. The van der Waals surface area contributed by atoms with Crippen molar-refractivity contribution in [2.75, 3.05) is 12.4 Å². The van der Waals surface area contributed by atoms with E-state index in [1.54, 1.807) is 0 Å². The molecule has 0 aliphatic heterocycles. The molecule has 0 saturated heterocycles. The van der Waals surface area contributed by atoms with E-state index in [9.17, 15) is 22.4 Å². The summed E-state index contributed by atoms with van der Waals surface area (Å²) < 4.78 is 53.3. The molecule has 0 heterocycles. The summed E-state index contributed by atoms with van der Waals surface area (Å²) in [5, 5.41) is 2.23. The summed E-state index contributed by atoms with van der Waals surface area (Å²) in [6, 6.07) is 3.49. The Kier molecular flexibility index (Phi) is 4.52. The van der Waals surface area contributed by atoms with E-state index in [1.807, 2.05) is 0 Å². The van der Waals surface area contributed by atoms with Crippen LogP contribution in [0.2, 0.25) is 0 Å². The second kappa shape index (κ2) is 5.70. The SMILES string of the molecule is COc1cc(NC(=O)CCC(F)(F)F)ccc1F. The van der Waals surface area contributed by atoms with Crippen LogP contribution in [0.1, 0.15) is 12.8 Å². The second-order valence-corrected chi connectivity index (χ2v) is 3.51. The Morgan fingerprint density at radius 3 is 2.61 bits per heavy atom. The highest BCUT2D eigenvalue weighted by Gasteiger charge is 2.27. The number of hydrogen-bond acceptors (Lipinski definition) is 2. The minimum absolute atomic E-state index is 0.0939. The molecule has 0 spiro atoms. The number of carbonyl (C=O) groups is 1. The van der Waals surface area contributed by atoms with Gasteiger partial charge in [-0.2, -0.15) is 13.2 Å². The van der Waals surface area contributed by atoms with Gasteiger partial charge in [0.15, 0.2) is 11.6 Å². The van der Waals surface area contributed by atoms with Crippen molar-refractivity contribution in [2.24, 2.45) is 0 Å². The average molecular weight is 265 g/mol. The first-order valence-electron chi connectivity index (χ1n) is 5.02. The molecule has 1 amide bonds. The molecule has 18 heavy (non-hydrogen) atoms. The fourth-order valence-corrected chi connectivity index (χ4v) is 1.22. The second-order valence-electron chi connectivity index (χ2n) is 3.51. The van der Waals surface area contributed by atoms with Gasteiger partial charge >= 0.3 is 6.18 Å². The Hall–Kier alpha value is -1.79. The molecule has 7 heteroatoms. The lowest BCUT2D eigenvalue weighted by Crippen LogP contribution is -2.16. The molecule has 0 unspecified atom stereocenters. The summed E-state index contributed by atoms with van der Waals surface area (Å²) >= 11 is 0. The molecule has 100 valence electrons. The largest absolute Gasteiger partial charge is 0.494 e. The molecule has 0 radical (unpaired) electrons. The summed E-state index contributed by atoms with van der Waals surface area (Å²) in [5.41, 5.74) is 0.181. The van der Waals surface area contributed by atoms with E-state index in [0.717, 1.165) is 6.07 Å². The minimum Gasteiger partial charge on any atom is -0.494 e. The first-order valence-corrected chi connectivity index (χ1v) is 5.02. The van der Waals surface area contributed by atoms with Gasteiger partial charge in [0, 0.05) is 18.2 Å². The predicted octanol–water partition coefficient (Wildman–Crippen LogP) is 3.12. The molecular weight excluding hydrogens is 254 g/mol. The number of hydrogen-bond donors (Lipinski definition) is 1. The van der Waals surface area contributed by atoms with E-state index in [2.05, 4.69) is 10.1 Å². The van der Waals surface area contributed by atoms with Crippen LogP contribution in [0.4, 0.5) is 23.2 Å². The normalized spacial score (nSPS) is 11.2. The van der Waals surface area contributed by atoms with E-state index in [-0.39, 0.29) is 11.4 Å². The van der Waals surface area contributed by atoms with Crippen molar-refractivity contribution in [1.29, 1.82) is 0 Å². The number of anilines is 1. The molecule has 0 atom stereocenters. The van der Waals surface area contributed by atoms with Crippen LogP contribution in [-0.4, -0.2) is 19.2 Å². The van der Waals surface area contributed by atoms with E-state index in [4.69, 9.17) is 0 Å². The third kappa shape index (κ3) is 4.60. The maximum atomic E-state index is 13.0. The zero-order valence-corrected chi connectivity index (χ0v) is 9.47. The molecule has 1 aromatic rings. The maximum absolute atomic E-state index is 13.0. The Bertz CT molecular complexity index is 432. The lowest BCUT2D eigenvalue weighted by Gasteiger charge is -2.09. The number of methoxy groups -OCH3 is 1. The van der Waals surface area contributed by atoms with Crippen LogP contribution >= 0.6 is 0 Å². The molecule has 0 aromatic heterocycles. The first kappa shape index (κ1) is 14.3. The maximum Gasteiger partial charge on any atom is 0.389 e. The summed E-state index contributed by atoms with van der Waals surface area (Å²) in [4.78, 5) is 11.2. The van der Waals surface area contributed by atoms with Gasteiger partial charge in [0.1, 0.15) is 0 Å². The van der Waals surface area contributed by atoms with E-state index in [1.165, 1.54) is 19.2 Å². The molecule has 1 aromatic carbocycles. The number of carbonyl (C=O) groups excluding carboxylic acids is 1. The van der Waals surface area contributed by atoms with Gasteiger partial charge in [-0.25, -0.2) is 4.39 Å². The number of amides is 1. The van der Waals surface area contributed by atoms with Crippen LogP contribution < -0.4 is 10.1 Å². The fraction of sp³-hybridized carbons (Fsp3) is 0.364. The molecule has 0 saturated carbocycles.